The molecule has 1 amide bonds. The number of carbonyl (C=O) groups excluding carboxylic acids is 1. The minimum Gasteiger partial charge on any atom is -0.393 e. The van der Waals surface area contributed by atoms with Crippen LogP contribution in [-0.2, 0) is 0 Å². The van der Waals surface area contributed by atoms with Gasteiger partial charge in [0.2, 0.25) is 0 Å². The summed E-state index contributed by atoms with van der Waals surface area (Å²) in [6.07, 6.45) is 5.08. The minimum atomic E-state index is -0.157. The van der Waals surface area contributed by atoms with Crippen molar-refractivity contribution in [2.75, 3.05) is 31.1 Å². The van der Waals surface area contributed by atoms with E-state index in [1.54, 1.807) is 0 Å². The lowest BCUT2D eigenvalue weighted by molar-refractivity contribution is 0.0659. The first-order chi connectivity index (χ1) is 12.0. The summed E-state index contributed by atoms with van der Waals surface area (Å²) < 4.78 is 0. The standard InChI is InChI=1S/C21H32N2O2/c1-16(2)14-17-4-3-11-23(15-17)21(25)18-5-7-19(8-6-18)22-12-9-20(24)10-13-22/h5-8,16-17,20,24H,3-4,9-15H2,1-2H3. The van der Waals surface area contributed by atoms with Gasteiger partial charge in [-0.05, 0) is 68.2 Å². The van der Waals surface area contributed by atoms with Gasteiger partial charge in [-0.2, -0.15) is 0 Å². The predicted octanol–water partition coefficient (Wildman–Crippen LogP) is 3.55. The Balaban J connectivity index is 1.60. The Bertz CT molecular complexity index is 562. The molecule has 2 saturated heterocycles. The average Bonchev–Trinajstić information content (AvgIpc) is 2.62. The van der Waals surface area contributed by atoms with Gasteiger partial charge < -0.3 is 14.9 Å². The Morgan fingerprint density at radius 2 is 1.80 bits per heavy atom. The number of aliphatic hydroxyl groups is 1. The number of anilines is 1. The number of piperidine rings is 2. The molecule has 2 heterocycles. The van der Waals surface area contributed by atoms with Crippen LogP contribution >= 0.6 is 0 Å². The van der Waals surface area contributed by atoms with Gasteiger partial charge in [-0.1, -0.05) is 13.8 Å². The molecule has 1 aromatic carbocycles. The van der Waals surface area contributed by atoms with Crippen LogP contribution in [0, 0.1) is 11.8 Å². The fraction of sp³-hybridized carbons (Fsp3) is 0.667. The normalized spacial score (nSPS) is 22.5. The van der Waals surface area contributed by atoms with E-state index in [9.17, 15) is 9.90 Å². The van der Waals surface area contributed by atoms with Crippen LogP contribution in [0.1, 0.15) is 56.3 Å². The van der Waals surface area contributed by atoms with Crippen LogP contribution < -0.4 is 4.90 Å². The van der Waals surface area contributed by atoms with Crippen molar-refractivity contribution in [1.82, 2.24) is 4.90 Å². The molecule has 2 fully saturated rings. The molecule has 0 aliphatic carbocycles. The molecule has 4 nitrogen and oxygen atoms in total. The van der Waals surface area contributed by atoms with Crippen molar-refractivity contribution in [2.24, 2.45) is 11.8 Å². The lowest BCUT2D eigenvalue weighted by Crippen LogP contribution is -2.40. The van der Waals surface area contributed by atoms with E-state index in [1.807, 2.05) is 17.0 Å². The SMILES string of the molecule is CC(C)CC1CCCN(C(=O)c2ccc(N3CCC(O)CC3)cc2)C1. The summed E-state index contributed by atoms with van der Waals surface area (Å²) in [7, 11) is 0. The molecule has 3 rings (SSSR count). The lowest BCUT2D eigenvalue weighted by Gasteiger charge is -2.34. The van der Waals surface area contributed by atoms with Crippen LogP contribution in [0.3, 0.4) is 0 Å². The second-order valence-electron chi connectivity index (χ2n) is 8.15. The van der Waals surface area contributed by atoms with E-state index in [4.69, 9.17) is 0 Å². The number of amides is 1. The van der Waals surface area contributed by atoms with Gasteiger partial charge in [-0.3, -0.25) is 4.79 Å². The summed E-state index contributed by atoms with van der Waals surface area (Å²) >= 11 is 0. The lowest BCUT2D eigenvalue weighted by atomic mass is 9.89. The van der Waals surface area contributed by atoms with Crippen LogP contribution in [-0.4, -0.2) is 48.2 Å². The van der Waals surface area contributed by atoms with Gasteiger partial charge in [0.15, 0.2) is 0 Å². The first-order valence-electron chi connectivity index (χ1n) is 9.85. The maximum atomic E-state index is 12.8. The van der Waals surface area contributed by atoms with Gasteiger partial charge in [-0.15, -0.1) is 0 Å². The molecule has 0 bridgehead atoms. The molecule has 0 spiro atoms. The summed E-state index contributed by atoms with van der Waals surface area (Å²) in [5.41, 5.74) is 1.95. The fourth-order valence-electron chi connectivity index (χ4n) is 4.23. The molecule has 1 atom stereocenters. The quantitative estimate of drug-likeness (QED) is 0.908. The van der Waals surface area contributed by atoms with Crippen molar-refractivity contribution in [1.29, 1.82) is 0 Å². The highest BCUT2D eigenvalue weighted by Crippen LogP contribution is 2.25. The number of nitrogens with zero attached hydrogens (tertiary/aromatic N) is 2. The molecule has 1 N–H and O–H groups in total. The third-order valence-corrected chi connectivity index (χ3v) is 5.55. The number of benzene rings is 1. The second kappa shape index (κ2) is 8.22. The van der Waals surface area contributed by atoms with E-state index >= 15 is 0 Å². The van der Waals surface area contributed by atoms with Crippen LogP contribution in [0.15, 0.2) is 24.3 Å². The second-order valence-corrected chi connectivity index (χ2v) is 8.15. The molecular weight excluding hydrogens is 312 g/mol. The highest BCUT2D eigenvalue weighted by atomic mass is 16.3. The Morgan fingerprint density at radius 1 is 1.12 bits per heavy atom. The summed E-state index contributed by atoms with van der Waals surface area (Å²) in [5, 5.41) is 9.63. The number of carbonyl (C=O) groups is 1. The monoisotopic (exact) mass is 344 g/mol. The van der Waals surface area contributed by atoms with Gasteiger partial charge >= 0.3 is 0 Å². The van der Waals surface area contributed by atoms with Crippen LogP contribution in [0.25, 0.3) is 0 Å². The molecule has 1 aromatic rings. The third kappa shape index (κ3) is 4.75. The topological polar surface area (TPSA) is 43.8 Å². The number of aliphatic hydroxyl groups excluding tert-OH is 1. The van der Waals surface area contributed by atoms with Crippen LogP contribution in [0.2, 0.25) is 0 Å². The molecule has 0 radical (unpaired) electrons. The number of likely N-dealkylation sites (tertiary alicyclic amines) is 1. The van der Waals surface area contributed by atoms with Crippen LogP contribution in [0.5, 0.6) is 0 Å². The maximum absolute atomic E-state index is 12.8. The average molecular weight is 344 g/mol. The molecular formula is C21H32N2O2. The zero-order valence-corrected chi connectivity index (χ0v) is 15.7. The largest absolute Gasteiger partial charge is 0.393 e. The van der Waals surface area contributed by atoms with Crippen molar-refractivity contribution < 1.29 is 9.90 Å². The van der Waals surface area contributed by atoms with Crippen molar-refractivity contribution in [3.05, 3.63) is 29.8 Å². The van der Waals surface area contributed by atoms with Gasteiger partial charge in [0.25, 0.3) is 5.91 Å². The van der Waals surface area contributed by atoms with Crippen molar-refractivity contribution in [3.8, 4) is 0 Å². The summed E-state index contributed by atoms with van der Waals surface area (Å²) in [5.74, 6) is 1.52. The smallest absolute Gasteiger partial charge is 0.253 e. The van der Waals surface area contributed by atoms with E-state index in [0.717, 1.165) is 56.7 Å². The Morgan fingerprint density at radius 3 is 2.44 bits per heavy atom. The van der Waals surface area contributed by atoms with Gasteiger partial charge in [0.1, 0.15) is 0 Å². The van der Waals surface area contributed by atoms with Crippen molar-refractivity contribution in [2.45, 2.75) is 52.1 Å². The number of rotatable bonds is 4. The third-order valence-electron chi connectivity index (χ3n) is 5.55. The van der Waals surface area contributed by atoms with E-state index < -0.39 is 0 Å². The molecule has 1 unspecified atom stereocenters. The van der Waals surface area contributed by atoms with Gasteiger partial charge in [-0.25, -0.2) is 0 Å². The van der Waals surface area contributed by atoms with Crippen molar-refractivity contribution in [3.63, 3.8) is 0 Å². The fourth-order valence-corrected chi connectivity index (χ4v) is 4.23. The van der Waals surface area contributed by atoms with E-state index in [1.165, 1.54) is 12.8 Å². The molecule has 25 heavy (non-hydrogen) atoms. The summed E-state index contributed by atoms with van der Waals surface area (Å²) in [6, 6.07) is 8.05. The highest BCUT2D eigenvalue weighted by Gasteiger charge is 2.25. The van der Waals surface area contributed by atoms with E-state index in [-0.39, 0.29) is 12.0 Å². The first-order valence-corrected chi connectivity index (χ1v) is 9.85. The Hall–Kier alpha value is -1.55. The van der Waals surface area contributed by atoms with Gasteiger partial charge in [0, 0.05) is 37.4 Å². The molecule has 2 aliphatic rings. The van der Waals surface area contributed by atoms with E-state index in [0.29, 0.717) is 11.8 Å². The van der Waals surface area contributed by atoms with Crippen LogP contribution in [0.4, 0.5) is 5.69 Å². The predicted molar refractivity (Wildman–Crippen MR) is 102 cm³/mol. The van der Waals surface area contributed by atoms with E-state index in [2.05, 4.69) is 30.9 Å². The van der Waals surface area contributed by atoms with Crippen molar-refractivity contribution >= 4 is 11.6 Å². The molecule has 2 aliphatic heterocycles. The van der Waals surface area contributed by atoms with Gasteiger partial charge in [0.05, 0.1) is 6.10 Å². The minimum absolute atomic E-state index is 0.157. The summed E-state index contributed by atoms with van der Waals surface area (Å²) in [6.45, 7) is 8.09. The highest BCUT2D eigenvalue weighted by molar-refractivity contribution is 5.94. The zero-order chi connectivity index (χ0) is 17.8. The zero-order valence-electron chi connectivity index (χ0n) is 15.7. The molecule has 4 heteroatoms. The maximum Gasteiger partial charge on any atom is 0.253 e. The Labute approximate surface area is 151 Å². The molecule has 0 aromatic heterocycles. The first kappa shape index (κ1) is 18.2. The number of hydrogen-bond donors (Lipinski definition) is 1. The number of hydrogen-bond acceptors (Lipinski definition) is 3. The Kier molecular flexibility index (Phi) is 6.00. The molecule has 0 saturated carbocycles. The summed E-state index contributed by atoms with van der Waals surface area (Å²) in [4.78, 5) is 17.2. The molecule has 138 valence electrons.